The molecule has 23 heavy (non-hydrogen) atoms. The Kier molecular flexibility index (Phi) is 6.90. The van der Waals surface area contributed by atoms with Gasteiger partial charge in [0.25, 0.3) is 0 Å². The normalized spacial score (nSPS) is 16.7. The molecule has 0 unspecified atom stereocenters. The molecule has 0 aliphatic carbocycles. The fourth-order valence-corrected chi connectivity index (χ4v) is 5.56. The molecule has 2 rings (SSSR count). The fourth-order valence-electron chi connectivity index (χ4n) is 2.10. The summed E-state index contributed by atoms with van der Waals surface area (Å²) in [5.74, 6) is 2.62. The molecule has 2 N–H and O–H groups in total. The zero-order valence-electron chi connectivity index (χ0n) is 13.0. The van der Waals surface area contributed by atoms with Crippen molar-refractivity contribution >= 4 is 58.2 Å². The second kappa shape index (κ2) is 8.48. The van der Waals surface area contributed by atoms with E-state index in [-0.39, 0.29) is 15.7 Å². The summed E-state index contributed by atoms with van der Waals surface area (Å²) in [5.41, 5.74) is 3.32. The Hall–Kier alpha value is -0.610. The number of rotatable bonds is 6. The topological polar surface area (TPSA) is 70.9 Å². The molecular weight excluding hydrogens is 447 g/mol. The zero-order valence-corrected chi connectivity index (χ0v) is 16.8. The number of phenolic OH excluding ortho intramolecular Hbond substituents is 1. The maximum atomic E-state index is 12.0. The van der Waals surface area contributed by atoms with Crippen LogP contribution in [0.15, 0.2) is 17.2 Å². The molecule has 1 aromatic carbocycles. The van der Waals surface area contributed by atoms with Crippen LogP contribution in [-0.4, -0.2) is 39.4 Å². The van der Waals surface area contributed by atoms with Crippen molar-refractivity contribution in [3.8, 4) is 11.5 Å². The molecule has 1 aliphatic rings. The molecule has 0 spiro atoms. The first-order chi connectivity index (χ1) is 10.9. The van der Waals surface area contributed by atoms with Crippen molar-refractivity contribution in [1.82, 2.24) is 5.43 Å². The van der Waals surface area contributed by atoms with Crippen LogP contribution in [0.4, 0.5) is 0 Å². The number of aromatic hydroxyl groups is 1. The van der Waals surface area contributed by atoms with Gasteiger partial charge in [-0.2, -0.15) is 5.10 Å². The summed E-state index contributed by atoms with van der Waals surface area (Å²) in [5, 5.41) is 13.9. The molecule has 126 valence electrons. The minimum atomic E-state index is -0.0934. The molecule has 0 radical (unpaired) electrons. The van der Waals surface area contributed by atoms with Crippen LogP contribution in [0.2, 0.25) is 0 Å². The smallest absolute Gasteiger partial charge is 0.242 e. The van der Waals surface area contributed by atoms with E-state index in [4.69, 9.17) is 4.74 Å². The fraction of sp³-hybridized carbons (Fsp3) is 0.467. The van der Waals surface area contributed by atoms with Crippen molar-refractivity contribution < 1.29 is 14.6 Å². The summed E-state index contributed by atoms with van der Waals surface area (Å²) in [7, 11) is 0. The molecule has 1 fully saturated rings. The predicted octanol–water partition coefficient (Wildman–Crippen LogP) is 3.43. The van der Waals surface area contributed by atoms with Crippen molar-refractivity contribution in [3.05, 3.63) is 21.3 Å². The van der Waals surface area contributed by atoms with Gasteiger partial charge in [0, 0.05) is 11.5 Å². The molecular formula is C15H19IN2O3S2. The monoisotopic (exact) mass is 466 g/mol. The third-order valence-electron chi connectivity index (χ3n) is 3.13. The second-order valence-corrected chi connectivity index (χ2v) is 9.70. The van der Waals surface area contributed by atoms with Crippen LogP contribution in [0.3, 0.4) is 0 Å². The standard InChI is InChI=1S/C15H19IN2O3S2/c1-3-21-12-7-10(6-11(16)14(12)20)9-17-18-13(19)8-15(2)22-4-5-23-15/h6-7,9,20H,3-5,8H2,1-2H3,(H,18,19)/b17-9-. The molecule has 8 heteroatoms. The average molecular weight is 466 g/mol. The van der Waals surface area contributed by atoms with Crippen LogP contribution < -0.4 is 10.2 Å². The third-order valence-corrected chi connectivity index (χ3v) is 7.25. The maximum absolute atomic E-state index is 12.0. The number of hydrazone groups is 1. The van der Waals surface area contributed by atoms with Crippen LogP contribution in [-0.2, 0) is 4.79 Å². The largest absolute Gasteiger partial charge is 0.504 e. The number of phenols is 1. The first-order valence-electron chi connectivity index (χ1n) is 7.18. The first-order valence-corrected chi connectivity index (χ1v) is 10.2. The van der Waals surface area contributed by atoms with Gasteiger partial charge in [0.15, 0.2) is 11.5 Å². The molecule has 1 saturated heterocycles. The van der Waals surface area contributed by atoms with Crippen LogP contribution in [0.1, 0.15) is 25.8 Å². The van der Waals surface area contributed by atoms with Gasteiger partial charge in [0.05, 0.1) is 26.9 Å². The van der Waals surface area contributed by atoms with Crippen LogP contribution in [0, 0.1) is 3.57 Å². The lowest BCUT2D eigenvalue weighted by Crippen LogP contribution is -2.26. The number of nitrogens with zero attached hydrogens (tertiary/aromatic N) is 1. The van der Waals surface area contributed by atoms with Gasteiger partial charge in [-0.3, -0.25) is 4.79 Å². The number of thioether (sulfide) groups is 2. The molecule has 0 saturated carbocycles. The highest BCUT2D eigenvalue weighted by Gasteiger charge is 2.32. The van der Waals surface area contributed by atoms with Gasteiger partial charge >= 0.3 is 0 Å². The third kappa shape index (κ3) is 5.46. The lowest BCUT2D eigenvalue weighted by molar-refractivity contribution is -0.121. The summed E-state index contributed by atoms with van der Waals surface area (Å²) in [6.07, 6.45) is 2.00. The average Bonchev–Trinajstić information content (AvgIpc) is 2.90. The number of halogens is 1. The van der Waals surface area contributed by atoms with E-state index in [2.05, 4.69) is 17.5 Å². The highest BCUT2D eigenvalue weighted by Crippen LogP contribution is 2.45. The molecule has 0 aromatic heterocycles. The Balaban J connectivity index is 1.96. The molecule has 0 atom stereocenters. The molecule has 5 nitrogen and oxygen atoms in total. The summed E-state index contributed by atoms with van der Waals surface area (Å²) < 4.78 is 6.01. The van der Waals surface area contributed by atoms with E-state index >= 15 is 0 Å². The Morgan fingerprint density at radius 3 is 2.87 bits per heavy atom. The number of hydrogen-bond acceptors (Lipinski definition) is 6. The zero-order chi connectivity index (χ0) is 16.9. The van der Waals surface area contributed by atoms with E-state index in [1.54, 1.807) is 18.3 Å². The van der Waals surface area contributed by atoms with Gasteiger partial charge in [-0.1, -0.05) is 0 Å². The summed E-state index contributed by atoms with van der Waals surface area (Å²) in [6, 6.07) is 3.47. The maximum Gasteiger partial charge on any atom is 0.242 e. The number of carbonyl (C=O) groups is 1. The molecule has 1 heterocycles. The van der Waals surface area contributed by atoms with Crippen molar-refractivity contribution in [3.63, 3.8) is 0 Å². The summed E-state index contributed by atoms with van der Waals surface area (Å²) in [6.45, 7) is 4.41. The van der Waals surface area contributed by atoms with Crippen molar-refractivity contribution in [2.24, 2.45) is 5.10 Å². The SMILES string of the molecule is CCOc1cc(/C=N\NC(=O)CC2(C)SCCS2)cc(I)c1O. The van der Waals surface area contributed by atoms with Crippen molar-refractivity contribution in [2.75, 3.05) is 18.1 Å². The highest BCUT2D eigenvalue weighted by atomic mass is 127. The Morgan fingerprint density at radius 1 is 1.52 bits per heavy atom. The van der Waals surface area contributed by atoms with E-state index < -0.39 is 0 Å². The van der Waals surface area contributed by atoms with Crippen molar-refractivity contribution in [2.45, 2.75) is 24.3 Å². The van der Waals surface area contributed by atoms with E-state index in [0.29, 0.717) is 22.3 Å². The van der Waals surface area contributed by atoms with Crippen LogP contribution in [0.5, 0.6) is 11.5 Å². The summed E-state index contributed by atoms with van der Waals surface area (Å²) >= 11 is 5.67. The van der Waals surface area contributed by atoms with E-state index in [1.165, 1.54) is 0 Å². The van der Waals surface area contributed by atoms with E-state index in [1.807, 2.05) is 53.0 Å². The minimum Gasteiger partial charge on any atom is -0.504 e. The Morgan fingerprint density at radius 2 is 2.22 bits per heavy atom. The van der Waals surface area contributed by atoms with Gasteiger partial charge in [-0.15, -0.1) is 23.5 Å². The molecule has 1 amide bonds. The highest BCUT2D eigenvalue weighted by molar-refractivity contribution is 14.1. The Bertz CT molecular complexity index is 605. The second-order valence-electron chi connectivity index (χ2n) is 5.08. The van der Waals surface area contributed by atoms with Gasteiger partial charge < -0.3 is 9.84 Å². The number of amides is 1. The van der Waals surface area contributed by atoms with E-state index in [9.17, 15) is 9.90 Å². The number of ether oxygens (including phenoxy) is 1. The Labute approximate surface area is 158 Å². The van der Waals surface area contributed by atoms with Gasteiger partial charge in [-0.05, 0) is 54.1 Å². The van der Waals surface area contributed by atoms with E-state index in [0.717, 1.165) is 17.1 Å². The first kappa shape index (κ1) is 18.7. The predicted molar refractivity (Wildman–Crippen MR) is 106 cm³/mol. The lowest BCUT2D eigenvalue weighted by Gasteiger charge is -2.19. The number of carbonyl (C=O) groups excluding carboxylic acids is 1. The van der Waals surface area contributed by atoms with Gasteiger partial charge in [-0.25, -0.2) is 5.43 Å². The summed E-state index contributed by atoms with van der Waals surface area (Å²) in [4.78, 5) is 12.0. The molecule has 1 aliphatic heterocycles. The quantitative estimate of drug-likeness (QED) is 0.382. The number of nitrogens with one attached hydrogen (secondary N) is 1. The van der Waals surface area contributed by atoms with Gasteiger partial charge in [0.2, 0.25) is 5.91 Å². The van der Waals surface area contributed by atoms with Gasteiger partial charge in [0.1, 0.15) is 0 Å². The minimum absolute atomic E-state index is 0.0460. The number of benzene rings is 1. The van der Waals surface area contributed by atoms with Crippen molar-refractivity contribution in [1.29, 1.82) is 0 Å². The molecule has 0 bridgehead atoms. The molecule has 1 aromatic rings. The van der Waals surface area contributed by atoms with Crippen LogP contribution >= 0.6 is 46.1 Å². The number of hydrogen-bond donors (Lipinski definition) is 2. The van der Waals surface area contributed by atoms with Crippen LogP contribution in [0.25, 0.3) is 0 Å². The lowest BCUT2D eigenvalue weighted by atomic mass is 10.2.